The number of pyridine rings is 1. The Hall–Kier alpha value is -2.25. The van der Waals surface area contributed by atoms with Gasteiger partial charge in [-0.2, -0.15) is 0 Å². The van der Waals surface area contributed by atoms with E-state index in [9.17, 15) is 13.2 Å². The predicted molar refractivity (Wildman–Crippen MR) is 99.6 cm³/mol. The molecule has 1 fully saturated rings. The van der Waals surface area contributed by atoms with Gasteiger partial charge in [0.15, 0.2) is 9.84 Å². The van der Waals surface area contributed by atoms with Gasteiger partial charge in [-0.25, -0.2) is 13.4 Å². The van der Waals surface area contributed by atoms with Gasteiger partial charge in [0, 0.05) is 11.4 Å². The van der Waals surface area contributed by atoms with Crippen molar-refractivity contribution in [2.75, 3.05) is 11.5 Å². The number of sulfone groups is 1. The Morgan fingerprint density at radius 2 is 2.04 bits per heavy atom. The van der Waals surface area contributed by atoms with Crippen LogP contribution in [0.1, 0.15) is 16.8 Å². The van der Waals surface area contributed by atoms with E-state index in [0.29, 0.717) is 12.0 Å². The van der Waals surface area contributed by atoms with E-state index >= 15 is 0 Å². The molecule has 2 aromatic heterocycles. The minimum absolute atomic E-state index is 0.0134. The Balaban J connectivity index is 1.73. The lowest BCUT2D eigenvalue weighted by Crippen LogP contribution is -2.35. The maximum absolute atomic E-state index is 12.8. The second-order valence-electron chi connectivity index (χ2n) is 6.12. The number of hydrogen-bond donors (Lipinski definition) is 1. The van der Waals surface area contributed by atoms with Crippen molar-refractivity contribution < 1.29 is 13.2 Å². The fourth-order valence-corrected chi connectivity index (χ4v) is 5.45. The highest BCUT2D eigenvalue weighted by Crippen LogP contribution is 2.28. The summed E-state index contributed by atoms with van der Waals surface area (Å²) in [7, 11) is -3.03. The Morgan fingerprint density at radius 3 is 2.76 bits per heavy atom. The molecule has 1 saturated heterocycles. The predicted octanol–water partition coefficient (Wildman–Crippen LogP) is 2.88. The maximum atomic E-state index is 12.8. The first kappa shape index (κ1) is 16.2. The first-order chi connectivity index (χ1) is 12.0. The zero-order valence-corrected chi connectivity index (χ0v) is 14.9. The van der Waals surface area contributed by atoms with Crippen LogP contribution < -0.4 is 5.32 Å². The summed E-state index contributed by atoms with van der Waals surface area (Å²) in [6, 6.07) is 12.9. The Kier molecular flexibility index (Phi) is 4.05. The van der Waals surface area contributed by atoms with Crippen LogP contribution in [0.2, 0.25) is 0 Å². The number of nitrogens with one attached hydrogen (secondary N) is 1. The van der Waals surface area contributed by atoms with E-state index in [-0.39, 0.29) is 23.5 Å². The number of nitrogens with zero attached hydrogens (tertiary/aromatic N) is 1. The van der Waals surface area contributed by atoms with Gasteiger partial charge >= 0.3 is 0 Å². The van der Waals surface area contributed by atoms with E-state index in [1.165, 1.54) is 0 Å². The topological polar surface area (TPSA) is 76.1 Å². The van der Waals surface area contributed by atoms with Crippen molar-refractivity contribution in [2.45, 2.75) is 12.5 Å². The fraction of sp³-hybridized carbons (Fsp3) is 0.222. The molecule has 5 nitrogen and oxygen atoms in total. The third-order valence-electron chi connectivity index (χ3n) is 4.30. The molecule has 1 N–H and O–H groups in total. The third kappa shape index (κ3) is 3.29. The van der Waals surface area contributed by atoms with Gasteiger partial charge in [0.05, 0.1) is 33.2 Å². The summed E-state index contributed by atoms with van der Waals surface area (Å²) < 4.78 is 23.2. The average Bonchev–Trinajstić information content (AvgIpc) is 3.23. The molecule has 1 unspecified atom stereocenters. The van der Waals surface area contributed by atoms with Crippen molar-refractivity contribution in [1.82, 2.24) is 10.3 Å². The third-order valence-corrected chi connectivity index (χ3v) is 6.96. The Bertz CT molecular complexity index is 1040. The van der Waals surface area contributed by atoms with Gasteiger partial charge in [0.1, 0.15) is 0 Å². The summed E-state index contributed by atoms with van der Waals surface area (Å²) in [4.78, 5) is 18.5. The number of aromatic nitrogens is 1. The summed E-state index contributed by atoms with van der Waals surface area (Å²) in [5.74, 6) is -0.104. The van der Waals surface area contributed by atoms with Gasteiger partial charge in [-0.05, 0) is 30.0 Å². The second kappa shape index (κ2) is 6.24. The van der Waals surface area contributed by atoms with E-state index in [1.807, 2.05) is 41.8 Å². The maximum Gasteiger partial charge on any atom is 0.252 e. The van der Waals surface area contributed by atoms with Crippen LogP contribution in [0.25, 0.3) is 21.5 Å². The fourth-order valence-electron chi connectivity index (χ4n) is 3.09. The molecule has 1 atom stereocenters. The molecule has 1 aliphatic heterocycles. The van der Waals surface area contributed by atoms with Crippen LogP contribution in [-0.2, 0) is 9.84 Å². The van der Waals surface area contributed by atoms with E-state index in [2.05, 4.69) is 10.3 Å². The van der Waals surface area contributed by atoms with Crippen molar-refractivity contribution in [1.29, 1.82) is 0 Å². The minimum Gasteiger partial charge on any atom is -0.348 e. The van der Waals surface area contributed by atoms with Gasteiger partial charge in [-0.15, -0.1) is 11.3 Å². The number of para-hydroxylation sites is 1. The Morgan fingerprint density at radius 1 is 1.20 bits per heavy atom. The van der Waals surface area contributed by atoms with Crippen LogP contribution in [0.5, 0.6) is 0 Å². The van der Waals surface area contributed by atoms with Crippen LogP contribution in [0.3, 0.4) is 0 Å². The number of rotatable bonds is 3. The van der Waals surface area contributed by atoms with Gasteiger partial charge in [-0.1, -0.05) is 24.3 Å². The lowest BCUT2D eigenvalue weighted by Gasteiger charge is -2.13. The summed E-state index contributed by atoms with van der Waals surface area (Å²) in [6.07, 6.45) is 0.467. The molecule has 0 aliphatic carbocycles. The first-order valence-corrected chi connectivity index (χ1v) is 10.7. The monoisotopic (exact) mass is 372 g/mol. The number of fused-ring (bicyclic) bond motifs is 1. The molecule has 1 amide bonds. The van der Waals surface area contributed by atoms with E-state index in [0.717, 1.165) is 21.5 Å². The normalized spacial score (nSPS) is 19.1. The lowest BCUT2D eigenvalue weighted by molar-refractivity contribution is 0.0943. The molecule has 0 bridgehead atoms. The summed E-state index contributed by atoms with van der Waals surface area (Å²) in [6.45, 7) is 0. The zero-order valence-electron chi connectivity index (χ0n) is 13.3. The van der Waals surface area contributed by atoms with Crippen molar-refractivity contribution in [3.63, 3.8) is 0 Å². The molecule has 1 aliphatic rings. The smallest absolute Gasteiger partial charge is 0.252 e. The summed E-state index contributed by atoms with van der Waals surface area (Å²) in [5.41, 5.74) is 2.02. The van der Waals surface area contributed by atoms with Gasteiger partial charge in [-0.3, -0.25) is 4.79 Å². The van der Waals surface area contributed by atoms with E-state index in [1.54, 1.807) is 17.4 Å². The highest BCUT2D eigenvalue weighted by Gasteiger charge is 2.29. The molecule has 4 rings (SSSR count). The molecule has 128 valence electrons. The number of hydrogen-bond acceptors (Lipinski definition) is 5. The SMILES string of the molecule is O=C(NC1CCS(=O)(=O)C1)c1cc(-c2cccs2)nc2ccccc12. The van der Waals surface area contributed by atoms with Crippen molar-refractivity contribution in [2.24, 2.45) is 0 Å². The molecule has 0 saturated carbocycles. The Labute approximate surface area is 149 Å². The van der Waals surface area contributed by atoms with Gasteiger partial charge in [0.25, 0.3) is 5.91 Å². The molecular formula is C18H16N2O3S2. The number of thiophene rings is 1. The molecule has 0 spiro atoms. The largest absolute Gasteiger partial charge is 0.348 e. The van der Waals surface area contributed by atoms with Crippen LogP contribution in [0, 0.1) is 0 Å². The van der Waals surface area contributed by atoms with Crippen LogP contribution >= 0.6 is 11.3 Å². The van der Waals surface area contributed by atoms with Crippen LogP contribution in [0.15, 0.2) is 47.8 Å². The number of carbonyl (C=O) groups is 1. The minimum atomic E-state index is -3.03. The highest BCUT2D eigenvalue weighted by molar-refractivity contribution is 7.91. The van der Waals surface area contributed by atoms with E-state index in [4.69, 9.17) is 0 Å². The lowest BCUT2D eigenvalue weighted by atomic mass is 10.1. The second-order valence-corrected chi connectivity index (χ2v) is 9.30. The molecule has 3 aromatic rings. The molecule has 1 aromatic carbocycles. The molecule has 3 heterocycles. The van der Waals surface area contributed by atoms with Gasteiger partial charge < -0.3 is 5.32 Å². The standard InChI is InChI=1S/C18H16N2O3S2/c21-18(19-12-7-9-25(22,23)11-12)14-10-16(17-6-3-8-24-17)20-15-5-2-1-4-13(14)15/h1-6,8,10,12H,7,9,11H2,(H,19,21). The summed E-state index contributed by atoms with van der Waals surface area (Å²) >= 11 is 1.56. The van der Waals surface area contributed by atoms with Gasteiger partial charge in [0.2, 0.25) is 0 Å². The first-order valence-electron chi connectivity index (χ1n) is 7.97. The summed E-state index contributed by atoms with van der Waals surface area (Å²) in [5, 5.41) is 5.61. The number of carbonyl (C=O) groups excluding carboxylic acids is 1. The van der Waals surface area contributed by atoms with Crippen LogP contribution in [0.4, 0.5) is 0 Å². The zero-order chi connectivity index (χ0) is 17.4. The number of benzene rings is 1. The van der Waals surface area contributed by atoms with E-state index < -0.39 is 9.84 Å². The molecule has 0 radical (unpaired) electrons. The average molecular weight is 372 g/mol. The van der Waals surface area contributed by atoms with Crippen molar-refractivity contribution in [3.8, 4) is 10.6 Å². The van der Waals surface area contributed by atoms with Crippen molar-refractivity contribution in [3.05, 3.63) is 53.4 Å². The molecule has 7 heteroatoms. The number of amides is 1. The molecular weight excluding hydrogens is 356 g/mol. The van der Waals surface area contributed by atoms with Crippen LogP contribution in [-0.4, -0.2) is 36.9 Å². The quantitative estimate of drug-likeness (QED) is 0.767. The highest BCUT2D eigenvalue weighted by atomic mass is 32.2. The van der Waals surface area contributed by atoms with Crippen molar-refractivity contribution >= 4 is 38.0 Å². The molecule has 25 heavy (non-hydrogen) atoms.